The summed E-state index contributed by atoms with van der Waals surface area (Å²) in [4.78, 5) is 12.5. The normalized spacial score (nSPS) is 12.1. The predicted octanol–water partition coefficient (Wildman–Crippen LogP) is 1.30. The summed E-state index contributed by atoms with van der Waals surface area (Å²) in [5.41, 5.74) is 0. The molecule has 0 saturated heterocycles. The maximum absolute atomic E-state index is 11.3. The average molecular weight is 374 g/mol. The number of esters is 1. The number of hydrogen-bond acceptors (Lipinski definition) is 8. The van der Waals surface area contributed by atoms with Crippen LogP contribution in [0.5, 0.6) is 5.88 Å². The molecule has 0 spiro atoms. The molecule has 0 saturated carbocycles. The second-order valence-electron chi connectivity index (χ2n) is 4.55. The molecular weight excluding hydrogens is 358 g/mol. The minimum Gasteiger partial charge on any atom is -0.475 e. The van der Waals surface area contributed by atoms with E-state index in [0.29, 0.717) is 30.8 Å². The first kappa shape index (κ1) is 16.4. The second-order valence-corrected chi connectivity index (χ2v) is 5.20. The maximum atomic E-state index is 11.3. The summed E-state index contributed by atoms with van der Waals surface area (Å²) in [6.07, 6.45) is 0. The third kappa shape index (κ3) is 4.52. The zero-order chi connectivity index (χ0) is 15.9. The van der Waals surface area contributed by atoms with Crippen LogP contribution >= 0.6 is 15.9 Å². The molecule has 0 N–H and O–H groups in total. The number of rotatable bonds is 8. The van der Waals surface area contributed by atoms with Crippen molar-refractivity contribution in [1.82, 2.24) is 25.4 Å². The first-order chi connectivity index (χ1) is 10.6. The van der Waals surface area contributed by atoms with Gasteiger partial charge in [0.25, 0.3) is 5.88 Å². The molecule has 0 amide bonds. The minimum absolute atomic E-state index is 0.110. The van der Waals surface area contributed by atoms with Gasteiger partial charge in [-0.1, -0.05) is 22.9 Å². The van der Waals surface area contributed by atoms with Crippen molar-refractivity contribution in [1.29, 1.82) is 0 Å². The first-order valence-electron chi connectivity index (χ1n) is 6.71. The number of ether oxygens (including phenoxy) is 2. The van der Waals surface area contributed by atoms with Gasteiger partial charge in [0, 0.05) is 5.33 Å². The lowest BCUT2D eigenvalue weighted by atomic mass is 10.2. The van der Waals surface area contributed by atoms with Crippen molar-refractivity contribution < 1.29 is 18.8 Å². The number of halogens is 1. The van der Waals surface area contributed by atoms with E-state index in [9.17, 15) is 4.79 Å². The SMILES string of the molecule is CCOC(=O)Cn1nnc(-c2cc(OC[C@@H](C)CBr)no2)n1. The highest BCUT2D eigenvalue weighted by atomic mass is 79.9. The lowest BCUT2D eigenvalue weighted by Crippen LogP contribution is -2.15. The fraction of sp³-hybridized carbons (Fsp3) is 0.583. The Balaban J connectivity index is 1.96. The maximum Gasteiger partial charge on any atom is 0.329 e. The Morgan fingerprint density at radius 3 is 3.09 bits per heavy atom. The number of carbonyl (C=O) groups excluding carboxylic acids is 1. The van der Waals surface area contributed by atoms with Crippen LogP contribution in [0.15, 0.2) is 10.6 Å². The van der Waals surface area contributed by atoms with E-state index in [4.69, 9.17) is 14.0 Å². The van der Waals surface area contributed by atoms with E-state index in [2.05, 4.69) is 36.5 Å². The molecule has 0 aromatic carbocycles. The molecule has 2 aromatic heterocycles. The summed E-state index contributed by atoms with van der Waals surface area (Å²) < 4.78 is 15.4. The van der Waals surface area contributed by atoms with Gasteiger partial charge in [0.15, 0.2) is 6.54 Å². The molecule has 2 heterocycles. The Bertz CT molecular complexity index is 614. The monoisotopic (exact) mass is 373 g/mol. The second kappa shape index (κ2) is 7.87. The van der Waals surface area contributed by atoms with Gasteiger partial charge < -0.3 is 14.0 Å². The van der Waals surface area contributed by atoms with Crippen molar-refractivity contribution >= 4 is 21.9 Å². The summed E-state index contributed by atoms with van der Waals surface area (Å²) in [7, 11) is 0. The van der Waals surface area contributed by atoms with Crippen molar-refractivity contribution in [3.05, 3.63) is 6.07 Å². The van der Waals surface area contributed by atoms with E-state index in [1.54, 1.807) is 13.0 Å². The van der Waals surface area contributed by atoms with Crippen molar-refractivity contribution in [3.8, 4) is 17.5 Å². The highest BCUT2D eigenvalue weighted by Crippen LogP contribution is 2.20. The quantitative estimate of drug-likeness (QED) is 0.503. The third-order valence-corrected chi connectivity index (χ3v) is 3.62. The molecule has 0 aliphatic heterocycles. The van der Waals surface area contributed by atoms with Crippen LogP contribution in [0.2, 0.25) is 0 Å². The predicted molar refractivity (Wildman–Crippen MR) is 78.4 cm³/mol. The van der Waals surface area contributed by atoms with Crippen LogP contribution in [0.25, 0.3) is 11.6 Å². The smallest absolute Gasteiger partial charge is 0.329 e. The lowest BCUT2D eigenvalue weighted by Gasteiger charge is -2.06. The van der Waals surface area contributed by atoms with Crippen molar-refractivity contribution in [2.75, 3.05) is 18.5 Å². The summed E-state index contributed by atoms with van der Waals surface area (Å²) in [5, 5.41) is 16.2. The number of carbonyl (C=O) groups is 1. The van der Waals surface area contributed by atoms with Gasteiger partial charge >= 0.3 is 5.97 Å². The van der Waals surface area contributed by atoms with Gasteiger partial charge in [-0.05, 0) is 23.2 Å². The van der Waals surface area contributed by atoms with Crippen LogP contribution in [-0.2, 0) is 16.1 Å². The van der Waals surface area contributed by atoms with Gasteiger partial charge in [0.1, 0.15) is 0 Å². The Hall–Kier alpha value is -1.97. The molecular formula is C12H16BrN5O4. The Morgan fingerprint density at radius 1 is 1.55 bits per heavy atom. The number of aromatic nitrogens is 5. The third-order valence-electron chi connectivity index (χ3n) is 2.52. The first-order valence-corrected chi connectivity index (χ1v) is 7.83. The molecule has 9 nitrogen and oxygen atoms in total. The van der Waals surface area contributed by atoms with Gasteiger partial charge in [-0.25, -0.2) is 4.79 Å². The molecule has 1 atom stereocenters. The molecule has 22 heavy (non-hydrogen) atoms. The van der Waals surface area contributed by atoms with Gasteiger partial charge in [-0.3, -0.25) is 0 Å². The number of alkyl halides is 1. The van der Waals surface area contributed by atoms with Gasteiger partial charge in [0.05, 0.1) is 19.3 Å². The van der Waals surface area contributed by atoms with Gasteiger partial charge in [0.2, 0.25) is 11.6 Å². The van der Waals surface area contributed by atoms with Crippen molar-refractivity contribution in [3.63, 3.8) is 0 Å². The van der Waals surface area contributed by atoms with Crippen LogP contribution in [-0.4, -0.2) is 49.9 Å². The van der Waals surface area contributed by atoms with Crippen LogP contribution in [0.1, 0.15) is 13.8 Å². The Kier molecular flexibility index (Phi) is 5.87. The van der Waals surface area contributed by atoms with Gasteiger partial charge in [-0.15, -0.1) is 10.2 Å². The van der Waals surface area contributed by atoms with Crippen LogP contribution in [0, 0.1) is 5.92 Å². The molecule has 10 heteroatoms. The molecule has 0 radical (unpaired) electrons. The number of hydrogen-bond donors (Lipinski definition) is 0. The topological polar surface area (TPSA) is 105 Å². The Morgan fingerprint density at radius 2 is 2.36 bits per heavy atom. The standard InChI is InChI=1S/C12H16BrN5O4/c1-3-20-11(19)6-18-15-12(14-17-18)9-4-10(16-22-9)21-7-8(2)5-13/h4,8H,3,5-7H2,1-2H3/t8-/m0/s1. The molecule has 0 aliphatic carbocycles. The van der Waals surface area contributed by atoms with E-state index < -0.39 is 5.97 Å². The molecule has 2 aromatic rings. The zero-order valence-electron chi connectivity index (χ0n) is 12.2. The van der Waals surface area contributed by atoms with E-state index >= 15 is 0 Å². The fourth-order valence-corrected chi connectivity index (χ4v) is 1.62. The highest BCUT2D eigenvalue weighted by Gasteiger charge is 2.15. The van der Waals surface area contributed by atoms with E-state index in [1.165, 1.54) is 0 Å². The van der Waals surface area contributed by atoms with E-state index in [0.717, 1.165) is 10.1 Å². The molecule has 120 valence electrons. The van der Waals surface area contributed by atoms with Gasteiger partial charge in [-0.2, -0.15) is 4.80 Å². The van der Waals surface area contributed by atoms with E-state index in [-0.39, 0.29) is 12.4 Å². The minimum atomic E-state index is -0.434. The molecule has 0 aliphatic rings. The largest absolute Gasteiger partial charge is 0.475 e. The molecule has 2 rings (SSSR count). The fourth-order valence-electron chi connectivity index (χ4n) is 1.44. The summed E-state index contributed by atoms with van der Waals surface area (Å²) >= 11 is 3.37. The molecule has 0 bridgehead atoms. The summed E-state index contributed by atoms with van der Waals surface area (Å²) in [6.45, 7) is 4.47. The average Bonchev–Trinajstić information content (AvgIpc) is 3.13. The van der Waals surface area contributed by atoms with Crippen LogP contribution < -0.4 is 4.74 Å². The lowest BCUT2D eigenvalue weighted by molar-refractivity contribution is -0.144. The number of nitrogens with zero attached hydrogens (tertiary/aromatic N) is 5. The van der Waals surface area contributed by atoms with Crippen LogP contribution in [0.3, 0.4) is 0 Å². The summed E-state index contributed by atoms with van der Waals surface area (Å²) in [6, 6.07) is 1.58. The van der Waals surface area contributed by atoms with Crippen LogP contribution in [0.4, 0.5) is 0 Å². The number of tetrazole rings is 1. The Labute approximate surface area is 135 Å². The van der Waals surface area contributed by atoms with Crippen molar-refractivity contribution in [2.45, 2.75) is 20.4 Å². The zero-order valence-corrected chi connectivity index (χ0v) is 13.8. The van der Waals surface area contributed by atoms with Crippen molar-refractivity contribution in [2.24, 2.45) is 5.92 Å². The molecule has 0 unspecified atom stereocenters. The molecule has 0 fully saturated rings. The highest BCUT2D eigenvalue weighted by molar-refractivity contribution is 9.09. The van der Waals surface area contributed by atoms with E-state index in [1.807, 2.05) is 6.92 Å². The summed E-state index contributed by atoms with van der Waals surface area (Å²) in [5.74, 6) is 0.807.